The first-order chi connectivity index (χ1) is 17.9. The summed E-state index contributed by atoms with van der Waals surface area (Å²) >= 11 is 3.42. The molecule has 2 aliphatic rings. The Labute approximate surface area is 224 Å². The fourth-order valence-corrected chi connectivity index (χ4v) is 5.16. The lowest BCUT2D eigenvalue weighted by atomic mass is 9.85. The van der Waals surface area contributed by atoms with Crippen LogP contribution in [-0.2, 0) is 9.59 Å². The number of alkyl halides is 3. The van der Waals surface area contributed by atoms with Crippen LogP contribution in [0, 0.1) is 5.41 Å². The van der Waals surface area contributed by atoms with Crippen molar-refractivity contribution in [1.82, 2.24) is 20.1 Å². The Morgan fingerprint density at radius 3 is 2.58 bits per heavy atom. The number of nitrogens with two attached hydrogens (primary N) is 1. The van der Waals surface area contributed by atoms with Gasteiger partial charge in [-0.15, -0.1) is 0 Å². The number of likely N-dealkylation sites (tertiary alicyclic amines) is 1. The van der Waals surface area contributed by atoms with Gasteiger partial charge >= 0.3 is 6.18 Å². The van der Waals surface area contributed by atoms with E-state index in [-0.39, 0.29) is 55.8 Å². The second-order valence-corrected chi connectivity index (χ2v) is 10.0. The molecule has 1 aromatic carbocycles. The number of carbonyl (C=O) groups is 3. The van der Waals surface area contributed by atoms with Crippen molar-refractivity contribution < 1.29 is 27.6 Å². The minimum Gasteiger partial charge on any atom is -0.383 e. The number of nitrogens with zero attached hydrogens (tertiary/aromatic N) is 4. The van der Waals surface area contributed by atoms with E-state index in [9.17, 15) is 27.6 Å². The van der Waals surface area contributed by atoms with Crippen molar-refractivity contribution in [2.45, 2.75) is 24.6 Å². The van der Waals surface area contributed by atoms with Crippen molar-refractivity contribution in [1.29, 1.82) is 5.41 Å². The number of pyridine rings is 1. The van der Waals surface area contributed by atoms with Gasteiger partial charge in [-0.2, -0.15) is 13.2 Å². The number of halogens is 4. The second kappa shape index (κ2) is 10.6. The van der Waals surface area contributed by atoms with Crippen molar-refractivity contribution in [3.8, 4) is 0 Å². The third-order valence-corrected chi connectivity index (χ3v) is 7.18. The van der Waals surface area contributed by atoms with Crippen LogP contribution in [0.15, 0.2) is 41.0 Å². The number of anilines is 2. The van der Waals surface area contributed by atoms with Crippen LogP contribution < -0.4 is 16.0 Å². The maximum absolute atomic E-state index is 13.7. The smallest absolute Gasteiger partial charge is 0.383 e. The van der Waals surface area contributed by atoms with Gasteiger partial charge in [-0.25, -0.2) is 4.98 Å². The Kier molecular flexibility index (Phi) is 7.63. The van der Waals surface area contributed by atoms with Crippen LogP contribution >= 0.6 is 15.9 Å². The van der Waals surface area contributed by atoms with Crippen molar-refractivity contribution in [2.24, 2.45) is 0 Å². The molecule has 0 aliphatic carbocycles. The highest BCUT2D eigenvalue weighted by atomic mass is 79.9. The van der Waals surface area contributed by atoms with E-state index in [1.54, 1.807) is 11.0 Å². The zero-order valence-corrected chi connectivity index (χ0v) is 21.7. The number of hydrogen-bond acceptors (Lipinski definition) is 7. The predicted molar refractivity (Wildman–Crippen MR) is 137 cm³/mol. The van der Waals surface area contributed by atoms with Gasteiger partial charge in [0.2, 0.25) is 5.91 Å². The molecule has 4 rings (SSSR count). The fraction of sp³-hybridized carbons (Fsp3) is 0.375. The summed E-state index contributed by atoms with van der Waals surface area (Å²) in [6.07, 6.45) is -1.73. The molecule has 2 aromatic rings. The summed E-state index contributed by atoms with van der Waals surface area (Å²) < 4.78 is 38.4. The van der Waals surface area contributed by atoms with E-state index in [2.05, 4.69) is 20.9 Å². The highest BCUT2D eigenvalue weighted by Crippen LogP contribution is 2.40. The summed E-state index contributed by atoms with van der Waals surface area (Å²) in [5, 5.41) is 9.25. The van der Waals surface area contributed by atoms with Gasteiger partial charge in [0, 0.05) is 41.2 Å². The lowest BCUT2D eigenvalue weighted by Gasteiger charge is -2.43. The molecule has 0 unspecified atom stereocenters. The normalized spacial score (nSPS) is 17.2. The van der Waals surface area contributed by atoms with Crippen LogP contribution in [0.1, 0.15) is 28.8 Å². The minimum atomic E-state index is -4.56. The van der Waals surface area contributed by atoms with Crippen LogP contribution in [0.4, 0.5) is 24.7 Å². The molecule has 1 spiro atoms. The van der Waals surface area contributed by atoms with E-state index in [1.165, 1.54) is 17.2 Å². The van der Waals surface area contributed by atoms with E-state index in [1.807, 2.05) is 28.4 Å². The number of carbonyl (C=O) groups excluding carboxylic acids is 3. The standard InChI is InChI=1S/C24H25BrF3N7O3/c25-17-2-1-3-18(9-17)35-14-34(12-19(36)32-13-24(26,27)28)22(38)23(35)4-6-33(7-5-23)21(37)16-8-15(10-29)20(30)31-11-16/h1-3,8-11,29H,4-7,12-14H2,(H2,30,31)(H,32,36). The molecule has 0 bridgehead atoms. The Morgan fingerprint density at radius 2 is 1.95 bits per heavy atom. The molecule has 2 fully saturated rings. The summed E-state index contributed by atoms with van der Waals surface area (Å²) in [7, 11) is 0. The van der Waals surface area contributed by atoms with E-state index < -0.39 is 30.7 Å². The summed E-state index contributed by atoms with van der Waals surface area (Å²) in [6.45, 7) is -1.56. The van der Waals surface area contributed by atoms with E-state index >= 15 is 0 Å². The molecule has 3 heterocycles. The second-order valence-electron chi connectivity index (χ2n) is 9.11. The molecule has 1 aromatic heterocycles. The molecule has 202 valence electrons. The highest BCUT2D eigenvalue weighted by molar-refractivity contribution is 9.10. The quantitative estimate of drug-likeness (QED) is 0.439. The van der Waals surface area contributed by atoms with Crippen molar-refractivity contribution in [3.63, 3.8) is 0 Å². The molecule has 2 aliphatic heterocycles. The zero-order valence-electron chi connectivity index (χ0n) is 20.1. The van der Waals surface area contributed by atoms with E-state index in [4.69, 9.17) is 11.1 Å². The van der Waals surface area contributed by atoms with Crippen LogP contribution in [0.5, 0.6) is 0 Å². The Hall–Kier alpha value is -3.68. The lowest BCUT2D eigenvalue weighted by Crippen LogP contribution is -2.57. The summed E-state index contributed by atoms with van der Waals surface area (Å²) in [5.74, 6) is -1.48. The maximum atomic E-state index is 13.7. The van der Waals surface area contributed by atoms with Crippen LogP contribution in [0.3, 0.4) is 0 Å². The predicted octanol–water partition coefficient (Wildman–Crippen LogP) is 2.38. The van der Waals surface area contributed by atoms with E-state index in [0.717, 1.165) is 10.7 Å². The van der Waals surface area contributed by atoms with Gasteiger partial charge in [-0.05, 0) is 37.1 Å². The van der Waals surface area contributed by atoms with Crippen molar-refractivity contribution >= 4 is 51.4 Å². The average molecular weight is 596 g/mol. The average Bonchev–Trinajstić information content (AvgIpc) is 3.13. The van der Waals surface area contributed by atoms with Gasteiger partial charge in [0.15, 0.2) is 0 Å². The first-order valence-electron chi connectivity index (χ1n) is 11.6. The molecule has 0 atom stereocenters. The number of piperidine rings is 1. The number of aromatic nitrogens is 1. The first kappa shape index (κ1) is 27.4. The number of nitrogen functional groups attached to an aromatic ring is 1. The molecule has 3 amide bonds. The first-order valence-corrected chi connectivity index (χ1v) is 12.4. The third kappa shape index (κ3) is 5.59. The van der Waals surface area contributed by atoms with Gasteiger partial charge in [-0.1, -0.05) is 22.0 Å². The molecule has 0 radical (unpaired) electrons. The molecular formula is C24H25BrF3N7O3. The van der Waals surface area contributed by atoms with Crippen LogP contribution in [0.25, 0.3) is 0 Å². The molecule has 4 N–H and O–H groups in total. The van der Waals surface area contributed by atoms with Gasteiger partial charge in [0.05, 0.1) is 12.2 Å². The summed E-state index contributed by atoms with van der Waals surface area (Å²) in [5.41, 5.74) is 5.91. The number of benzene rings is 1. The Morgan fingerprint density at radius 1 is 1.24 bits per heavy atom. The third-order valence-electron chi connectivity index (χ3n) is 6.68. The molecule has 38 heavy (non-hydrogen) atoms. The molecule has 0 saturated carbocycles. The summed E-state index contributed by atoms with van der Waals surface area (Å²) in [4.78, 5) is 47.7. The lowest BCUT2D eigenvalue weighted by molar-refractivity contribution is -0.142. The number of hydrogen-bond donors (Lipinski definition) is 3. The van der Waals surface area contributed by atoms with E-state index in [0.29, 0.717) is 11.3 Å². The van der Waals surface area contributed by atoms with Crippen LogP contribution in [0.2, 0.25) is 0 Å². The Balaban J connectivity index is 1.55. The van der Waals surface area contributed by atoms with Gasteiger partial charge in [0.1, 0.15) is 24.4 Å². The number of nitrogens with one attached hydrogen (secondary N) is 2. The number of amides is 3. The molecule has 2 saturated heterocycles. The molecule has 14 heteroatoms. The fourth-order valence-electron chi connectivity index (χ4n) is 4.77. The minimum absolute atomic E-state index is 0.00719. The van der Waals surface area contributed by atoms with Crippen LogP contribution in [-0.4, -0.2) is 83.3 Å². The monoisotopic (exact) mass is 595 g/mol. The SMILES string of the molecule is N=Cc1cc(C(=O)N2CCC3(CC2)C(=O)N(CC(=O)NCC(F)(F)F)CN3c2cccc(Br)c2)cnc1N. The topological polar surface area (TPSA) is 136 Å². The molecule has 10 nitrogen and oxygen atoms in total. The van der Waals surface area contributed by atoms with Gasteiger partial charge in [0.25, 0.3) is 11.8 Å². The maximum Gasteiger partial charge on any atom is 0.405 e. The van der Waals surface area contributed by atoms with Gasteiger partial charge < -0.3 is 31.2 Å². The highest BCUT2D eigenvalue weighted by Gasteiger charge is 2.54. The van der Waals surface area contributed by atoms with Crippen molar-refractivity contribution in [2.75, 3.05) is 43.5 Å². The number of rotatable bonds is 6. The largest absolute Gasteiger partial charge is 0.405 e. The van der Waals surface area contributed by atoms with Gasteiger partial charge in [-0.3, -0.25) is 14.4 Å². The van der Waals surface area contributed by atoms with Crippen molar-refractivity contribution in [3.05, 3.63) is 52.1 Å². The summed E-state index contributed by atoms with van der Waals surface area (Å²) in [6, 6.07) is 8.73. The Bertz CT molecular complexity index is 1270. The zero-order chi connectivity index (χ0) is 27.7. The molecular weight excluding hydrogens is 571 g/mol.